The van der Waals surface area contributed by atoms with E-state index in [1.807, 2.05) is 25.1 Å². The van der Waals surface area contributed by atoms with Gasteiger partial charge >= 0.3 is 5.97 Å². The van der Waals surface area contributed by atoms with Crippen LogP contribution in [0.15, 0.2) is 53.4 Å². The van der Waals surface area contributed by atoms with Crippen LogP contribution in [0.5, 0.6) is 0 Å². The molecule has 0 bridgehead atoms. The highest BCUT2D eigenvalue weighted by atomic mass is 32.2. The van der Waals surface area contributed by atoms with Crippen molar-refractivity contribution in [1.29, 1.82) is 0 Å². The maximum Gasteiger partial charge on any atom is 0.338 e. The minimum Gasteiger partial charge on any atom is -0.454 e. The number of Topliss-reactive ketones (excluding diaryl/α,β-unsaturated/α-hetero) is 1. The Hall–Kier alpha value is -2.71. The number of piperidine rings is 1. The molecule has 0 N–H and O–H groups in total. The minimum absolute atomic E-state index is 0.165. The summed E-state index contributed by atoms with van der Waals surface area (Å²) in [5.41, 5.74) is 1.50. The van der Waals surface area contributed by atoms with E-state index in [0.717, 1.165) is 24.9 Å². The third kappa shape index (κ3) is 5.06. The van der Waals surface area contributed by atoms with Crippen molar-refractivity contribution in [2.45, 2.75) is 24.2 Å². The number of sulfonamides is 1. The molecular weight excluding hydrogens is 404 g/mol. The van der Waals surface area contributed by atoms with E-state index in [0.29, 0.717) is 24.2 Å². The predicted octanol–water partition coefficient (Wildman–Crippen LogP) is 2.97. The summed E-state index contributed by atoms with van der Waals surface area (Å²) in [5.74, 6) is -0.981. The fourth-order valence-electron chi connectivity index (χ4n) is 3.28. The second kappa shape index (κ2) is 9.40. The molecule has 0 spiro atoms. The molecular formula is C22H26N2O5S. The van der Waals surface area contributed by atoms with Crippen LogP contribution >= 0.6 is 0 Å². The van der Waals surface area contributed by atoms with Crippen LogP contribution < -0.4 is 4.90 Å². The summed E-state index contributed by atoms with van der Waals surface area (Å²) in [4.78, 5) is 26.6. The number of ether oxygens (including phenoxy) is 1. The molecule has 0 aromatic heterocycles. The van der Waals surface area contributed by atoms with E-state index in [1.54, 1.807) is 18.2 Å². The standard InChI is InChI=1S/C22H26N2O5S/c1-23(2)19-8-6-7-18(15-19)22(26)29-16-21(25)17-9-11-20(12-10-17)30(27,28)24-13-4-3-5-14-24/h6-12,15H,3-5,13-14,16H2,1-2H3. The maximum atomic E-state index is 12.7. The van der Waals surface area contributed by atoms with Gasteiger partial charge in [-0.05, 0) is 55.3 Å². The monoisotopic (exact) mass is 430 g/mol. The van der Waals surface area contributed by atoms with Crippen LogP contribution in [0, 0.1) is 0 Å². The molecule has 8 heteroatoms. The first-order valence-electron chi connectivity index (χ1n) is 9.87. The maximum absolute atomic E-state index is 12.7. The number of esters is 1. The first-order valence-corrected chi connectivity index (χ1v) is 11.3. The number of ketones is 1. The fourth-order valence-corrected chi connectivity index (χ4v) is 4.79. The van der Waals surface area contributed by atoms with Gasteiger partial charge in [-0.25, -0.2) is 13.2 Å². The van der Waals surface area contributed by atoms with Crippen molar-refractivity contribution in [2.24, 2.45) is 0 Å². The number of hydrogen-bond acceptors (Lipinski definition) is 6. The lowest BCUT2D eigenvalue weighted by Crippen LogP contribution is -2.35. The third-order valence-corrected chi connectivity index (χ3v) is 6.97. The van der Waals surface area contributed by atoms with Crippen molar-refractivity contribution in [3.8, 4) is 0 Å². The number of carbonyl (C=O) groups excluding carboxylic acids is 2. The number of nitrogens with zero attached hydrogens (tertiary/aromatic N) is 2. The molecule has 3 rings (SSSR count). The Kier molecular flexibility index (Phi) is 6.89. The Balaban J connectivity index is 1.62. The first kappa shape index (κ1) is 22.0. The highest BCUT2D eigenvalue weighted by Gasteiger charge is 2.26. The highest BCUT2D eigenvalue weighted by molar-refractivity contribution is 7.89. The fraction of sp³-hybridized carbons (Fsp3) is 0.364. The van der Waals surface area contributed by atoms with Gasteiger partial charge in [-0.1, -0.05) is 12.5 Å². The van der Waals surface area contributed by atoms with E-state index in [1.165, 1.54) is 28.6 Å². The van der Waals surface area contributed by atoms with Crippen LogP contribution in [-0.2, 0) is 14.8 Å². The second-order valence-electron chi connectivity index (χ2n) is 7.43. The summed E-state index contributed by atoms with van der Waals surface area (Å²) in [6.45, 7) is 0.630. The number of anilines is 1. The van der Waals surface area contributed by atoms with Gasteiger partial charge in [0.2, 0.25) is 10.0 Å². The van der Waals surface area contributed by atoms with Gasteiger partial charge in [0.25, 0.3) is 0 Å². The van der Waals surface area contributed by atoms with Gasteiger partial charge in [-0.2, -0.15) is 4.31 Å². The summed E-state index contributed by atoms with van der Waals surface area (Å²) in [6, 6.07) is 12.7. The van der Waals surface area contributed by atoms with Crippen molar-refractivity contribution >= 4 is 27.5 Å². The van der Waals surface area contributed by atoms with E-state index in [9.17, 15) is 18.0 Å². The second-order valence-corrected chi connectivity index (χ2v) is 9.37. The molecule has 1 aliphatic heterocycles. The van der Waals surface area contributed by atoms with Gasteiger partial charge in [0.05, 0.1) is 10.5 Å². The summed E-state index contributed by atoms with van der Waals surface area (Å²) in [6.07, 6.45) is 2.76. The van der Waals surface area contributed by atoms with Crippen LogP contribution in [0.1, 0.15) is 40.0 Å². The van der Waals surface area contributed by atoms with Gasteiger partial charge in [-0.3, -0.25) is 4.79 Å². The zero-order valence-electron chi connectivity index (χ0n) is 17.2. The van der Waals surface area contributed by atoms with E-state index in [-0.39, 0.29) is 4.90 Å². The molecule has 160 valence electrons. The van der Waals surface area contributed by atoms with Gasteiger partial charge in [-0.15, -0.1) is 0 Å². The van der Waals surface area contributed by atoms with Crippen LogP contribution in [0.2, 0.25) is 0 Å². The average Bonchev–Trinajstić information content (AvgIpc) is 2.78. The van der Waals surface area contributed by atoms with Crippen molar-refractivity contribution < 1.29 is 22.7 Å². The molecule has 1 fully saturated rings. The lowest BCUT2D eigenvalue weighted by Gasteiger charge is -2.25. The largest absolute Gasteiger partial charge is 0.454 e. The zero-order valence-corrected chi connectivity index (χ0v) is 18.0. The molecule has 0 saturated carbocycles. The molecule has 0 amide bonds. The zero-order chi connectivity index (χ0) is 21.7. The molecule has 0 atom stereocenters. The lowest BCUT2D eigenvalue weighted by molar-refractivity contribution is 0.0475. The Morgan fingerprint density at radius 3 is 2.27 bits per heavy atom. The summed E-state index contributed by atoms with van der Waals surface area (Å²) in [5, 5.41) is 0. The average molecular weight is 431 g/mol. The van der Waals surface area contributed by atoms with Gasteiger partial charge in [0, 0.05) is 38.4 Å². The Morgan fingerprint density at radius 1 is 0.967 bits per heavy atom. The summed E-state index contributed by atoms with van der Waals surface area (Å²) in [7, 11) is 0.184. The van der Waals surface area contributed by atoms with E-state index < -0.39 is 28.4 Å². The number of hydrogen-bond donors (Lipinski definition) is 0. The van der Waals surface area contributed by atoms with Crippen LogP contribution in [0.25, 0.3) is 0 Å². The first-order chi connectivity index (χ1) is 14.3. The number of rotatable bonds is 7. The molecule has 30 heavy (non-hydrogen) atoms. The van der Waals surface area contributed by atoms with Crippen LogP contribution in [-0.4, -0.2) is 58.3 Å². The van der Waals surface area contributed by atoms with Crippen molar-refractivity contribution in [1.82, 2.24) is 4.31 Å². The van der Waals surface area contributed by atoms with E-state index in [2.05, 4.69) is 0 Å². The molecule has 0 radical (unpaired) electrons. The van der Waals surface area contributed by atoms with Crippen LogP contribution in [0.3, 0.4) is 0 Å². The smallest absolute Gasteiger partial charge is 0.338 e. The Morgan fingerprint density at radius 2 is 1.63 bits per heavy atom. The molecule has 2 aromatic rings. The summed E-state index contributed by atoms with van der Waals surface area (Å²) >= 11 is 0. The molecule has 1 saturated heterocycles. The predicted molar refractivity (Wildman–Crippen MR) is 114 cm³/mol. The molecule has 1 aliphatic rings. The lowest BCUT2D eigenvalue weighted by atomic mass is 10.1. The van der Waals surface area contributed by atoms with E-state index in [4.69, 9.17) is 4.74 Å². The normalized spacial score (nSPS) is 14.9. The van der Waals surface area contributed by atoms with Crippen molar-refractivity contribution in [2.75, 3.05) is 38.7 Å². The molecule has 0 unspecified atom stereocenters. The van der Waals surface area contributed by atoms with Crippen LogP contribution in [0.4, 0.5) is 5.69 Å². The highest BCUT2D eigenvalue weighted by Crippen LogP contribution is 2.21. The SMILES string of the molecule is CN(C)c1cccc(C(=O)OCC(=O)c2ccc(S(=O)(=O)N3CCCCC3)cc2)c1. The van der Waals surface area contributed by atoms with Gasteiger partial charge in [0.1, 0.15) is 0 Å². The van der Waals surface area contributed by atoms with Gasteiger partial charge < -0.3 is 9.64 Å². The number of carbonyl (C=O) groups is 2. The Bertz CT molecular complexity index is 1010. The number of benzene rings is 2. The van der Waals surface area contributed by atoms with E-state index >= 15 is 0 Å². The minimum atomic E-state index is -3.54. The van der Waals surface area contributed by atoms with Gasteiger partial charge in [0.15, 0.2) is 12.4 Å². The molecule has 0 aliphatic carbocycles. The van der Waals surface area contributed by atoms with Crippen molar-refractivity contribution in [3.05, 3.63) is 59.7 Å². The topological polar surface area (TPSA) is 84.0 Å². The molecule has 1 heterocycles. The van der Waals surface area contributed by atoms with Crippen molar-refractivity contribution in [3.63, 3.8) is 0 Å². The Labute approximate surface area is 177 Å². The quantitative estimate of drug-likeness (QED) is 0.496. The molecule has 7 nitrogen and oxygen atoms in total. The summed E-state index contributed by atoms with van der Waals surface area (Å²) < 4.78 is 32.0. The third-order valence-electron chi connectivity index (χ3n) is 5.06. The molecule has 2 aromatic carbocycles.